The molecule has 2 aromatic rings. The molecule has 2 aromatic carbocycles. The molecule has 10 atom stereocenters. The number of anilines is 2. The fraction of sp³-hybridized carbons (Fsp3) is 0.571. The van der Waals surface area contributed by atoms with Crippen molar-refractivity contribution in [2.45, 2.75) is 146 Å². The van der Waals surface area contributed by atoms with Gasteiger partial charge in [-0.25, -0.2) is 19.2 Å². The van der Waals surface area contributed by atoms with E-state index in [0.29, 0.717) is 29.8 Å². The molecule has 92 heavy (non-hydrogen) atoms. The number of amides is 8. The first-order valence-corrected chi connectivity index (χ1v) is 33.1. The number of nitrogens with one attached hydrogen (secondary N) is 4. The molecular formula is C63H88ClN9O17S2. The van der Waals surface area contributed by atoms with E-state index in [-0.39, 0.29) is 85.4 Å². The fourth-order valence-electron chi connectivity index (χ4n) is 10.7. The number of thioether (sulfide) groups is 2. The Morgan fingerprint density at radius 3 is 2.46 bits per heavy atom. The van der Waals surface area contributed by atoms with Gasteiger partial charge in [0.15, 0.2) is 11.5 Å². The number of ether oxygens (including phenoxy) is 7. The van der Waals surface area contributed by atoms with Crippen LogP contribution in [0.2, 0.25) is 5.02 Å². The first-order valence-electron chi connectivity index (χ1n) is 30.3. The Hall–Kier alpha value is -7.08. The van der Waals surface area contributed by atoms with Crippen LogP contribution in [-0.4, -0.2) is 207 Å². The van der Waals surface area contributed by atoms with Crippen LogP contribution in [0.25, 0.3) is 0 Å². The highest BCUT2D eigenvalue weighted by atomic mass is 35.5. The van der Waals surface area contributed by atoms with E-state index < -0.39 is 107 Å². The molecule has 8 amide bonds. The molecule has 7 N–H and O–H groups in total. The standard InChI is InChI=1S/C63H88ClN9O17S2/c1-37-17-16-20-49(85-10)63(83)34-48(88-59(80)69-63)38(2)56-62(4,90-56)50(33-54(77)73(8)45-31-41(29-37)32-47(84-9)55(45)64)89-57(78)39(3)72(7)53(76)24-28-92-61(82)71(6)27-26-70(5)60(81)86-35-40-21-22-46(44(30-40)67-51(74)23-25-66-52(75)36-91-11)87-58(79)68-43-19-15-13-12-14-18-42(43)65/h14,16-18,20-22,30-32,38-39,42-43,48-50,56,83H,12-13,15,19,23-29,33-36,65H2,1-11H3,(H,66,75)(H,67,74)(H,68,79)(H,69,80)/b18-14+,20-16+,37-17+/t38-,39+,42+,43?,48+,49-,50+,56+,62+,63+/m1/s1. The second kappa shape index (κ2) is 34.2. The number of rotatable bonds is 21. The summed E-state index contributed by atoms with van der Waals surface area (Å²) in [6.07, 6.45) is 7.39. The van der Waals surface area contributed by atoms with Gasteiger partial charge in [-0.2, -0.15) is 11.8 Å². The Bertz CT molecular complexity index is 3100. The SMILES string of the molecule is COc1cc2cc(c1Cl)N(C)C(=O)C[C@H](OC(=O)[C@H](C)N(C)C(=O)CCSC(=O)N(C)CCN(C)C(=O)OCc1ccc(OC(=O)NC3CCCC/C=C/[C@@H]3N)c(NC(=O)CCNC(=O)CSC)c1)[C@]1(C)O[C@H]1[C@H](C)[C@@H]1C[C@@](O)(NC(=O)O1)[C@H](OC)/C=C/C=C(\C)C2. The summed E-state index contributed by atoms with van der Waals surface area (Å²) in [6, 6.07) is 6.03. The third-order valence-corrected chi connectivity index (χ3v) is 18.5. The van der Waals surface area contributed by atoms with E-state index in [9.17, 15) is 48.3 Å². The van der Waals surface area contributed by atoms with Crippen molar-refractivity contribution in [2.75, 3.05) is 90.0 Å². The van der Waals surface area contributed by atoms with Crippen molar-refractivity contribution in [3.05, 3.63) is 82.4 Å². The number of methoxy groups -OCH3 is 2. The first kappa shape index (κ1) is 74.0. The van der Waals surface area contributed by atoms with Crippen LogP contribution in [0, 0.1) is 5.92 Å². The molecule has 4 aliphatic rings. The fourth-order valence-corrected chi connectivity index (χ4v) is 12.1. The molecule has 1 unspecified atom stereocenters. The Morgan fingerprint density at radius 2 is 1.74 bits per heavy atom. The third kappa shape index (κ3) is 20.5. The molecule has 0 radical (unpaired) electrons. The van der Waals surface area contributed by atoms with Gasteiger partial charge < -0.3 is 79.5 Å². The Morgan fingerprint density at radius 1 is 1.00 bits per heavy atom. The molecule has 3 aliphatic heterocycles. The van der Waals surface area contributed by atoms with Gasteiger partial charge in [0.2, 0.25) is 23.6 Å². The quantitative estimate of drug-likeness (QED) is 0.0328. The molecule has 506 valence electrons. The van der Waals surface area contributed by atoms with Crippen LogP contribution < -0.4 is 41.4 Å². The summed E-state index contributed by atoms with van der Waals surface area (Å²) in [7, 11) is 8.83. The van der Waals surface area contributed by atoms with Crippen LogP contribution >= 0.6 is 35.1 Å². The number of epoxide rings is 1. The van der Waals surface area contributed by atoms with Gasteiger partial charge >= 0.3 is 24.2 Å². The lowest BCUT2D eigenvalue weighted by Gasteiger charge is -2.42. The molecule has 3 heterocycles. The molecular weight excluding hydrogens is 1250 g/mol. The van der Waals surface area contributed by atoms with Gasteiger partial charge in [-0.1, -0.05) is 78.7 Å². The topological polar surface area (TPSA) is 329 Å². The monoisotopic (exact) mass is 1340 g/mol. The van der Waals surface area contributed by atoms with Crippen molar-refractivity contribution < 1.29 is 81.4 Å². The average molecular weight is 1340 g/mol. The lowest BCUT2D eigenvalue weighted by atomic mass is 9.83. The maximum Gasteiger partial charge on any atom is 0.412 e. The summed E-state index contributed by atoms with van der Waals surface area (Å²) in [5.74, 6) is -2.60. The number of carbonyl (C=O) groups is 9. The number of aliphatic hydroxyl groups is 1. The van der Waals surface area contributed by atoms with Gasteiger partial charge in [0.1, 0.15) is 47.3 Å². The van der Waals surface area contributed by atoms with E-state index >= 15 is 0 Å². The number of likely N-dealkylation sites (N-methyl/N-ethyl adjacent to an activating group) is 3. The maximum atomic E-state index is 14.4. The molecule has 4 bridgehead atoms. The molecule has 0 spiro atoms. The third-order valence-electron chi connectivity index (χ3n) is 16.6. The average Bonchev–Trinajstić information content (AvgIpc) is 1.56. The van der Waals surface area contributed by atoms with Crippen LogP contribution in [0.5, 0.6) is 11.5 Å². The van der Waals surface area contributed by atoms with E-state index in [4.69, 9.17) is 50.5 Å². The molecule has 0 aromatic heterocycles. The van der Waals surface area contributed by atoms with Crippen LogP contribution in [0.3, 0.4) is 0 Å². The van der Waals surface area contributed by atoms with Crippen molar-refractivity contribution in [2.24, 2.45) is 11.7 Å². The van der Waals surface area contributed by atoms with Crippen molar-refractivity contribution in [1.82, 2.24) is 30.7 Å². The highest BCUT2D eigenvalue weighted by Crippen LogP contribution is 2.49. The van der Waals surface area contributed by atoms with Crippen molar-refractivity contribution in [3.63, 3.8) is 0 Å². The minimum atomic E-state index is -1.90. The summed E-state index contributed by atoms with van der Waals surface area (Å²) in [5.41, 5.74) is 5.56. The smallest absolute Gasteiger partial charge is 0.412 e. The number of benzene rings is 2. The van der Waals surface area contributed by atoms with Gasteiger partial charge in [0.05, 0.1) is 42.8 Å². The minimum absolute atomic E-state index is 0.0166. The summed E-state index contributed by atoms with van der Waals surface area (Å²) in [4.78, 5) is 125. The van der Waals surface area contributed by atoms with Gasteiger partial charge in [-0.3, -0.25) is 29.3 Å². The zero-order valence-corrected chi connectivity index (χ0v) is 56.4. The summed E-state index contributed by atoms with van der Waals surface area (Å²) >= 11 is 9.04. The number of hydrogen-bond acceptors (Lipinski definition) is 20. The van der Waals surface area contributed by atoms with Crippen molar-refractivity contribution in [1.29, 1.82) is 0 Å². The second-order valence-electron chi connectivity index (χ2n) is 23.5. The zero-order chi connectivity index (χ0) is 67.6. The van der Waals surface area contributed by atoms with Crippen LogP contribution in [-0.2, 0) is 60.7 Å². The molecule has 1 aliphatic carbocycles. The van der Waals surface area contributed by atoms with Gasteiger partial charge in [0, 0.05) is 91.9 Å². The zero-order valence-electron chi connectivity index (χ0n) is 54.0. The highest BCUT2D eigenvalue weighted by Gasteiger charge is 2.64. The van der Waals surface area contributed by atoms with E-state index in [1.54, 1.807) is 50.5 Å². The molecule has 6 rings (SSSR count). The van der Waals surface area contributed by atoms with E-state index in [2.05, 4.69) is 21.3 Å². The molecule has 2 saturated heterocycles. The lowest BCUT2D eigenvalue weighted by Crippen LogP contribution is -2.63. The minimum Gasteiger partial charge on any atom is -0.495 e. The molecule has 26 nitrogen and oxygen atoms in total. The number of carbonyl (C=O) groups excluding carboxylic acids is 9. The predicted octanol–water partition coefficient (Wildman–Crippen LogP) is 6.68. The number of nitrogens with zero attached hydrogens (tertiary/aromatic N) is 4. The second-order valence-corrected chi connectivity index (χ2v) is 25.8. The van der Waals surface area contributed by atoms with Crippen molar-refractivity contribution in [3.8, 4) is 11.5 Å². The Balaban J connectivity index is 1.03. The van der Waals surface area contributed by atoms with E-state index in [0.717, 1.165) is 42.2 Å². The van der Waals surface area contributed by atoms with E-state index in [1.807, 2.05) is 25.2 Å². The van der Waals surface area contributed by atoms with Crippen LogP contribution in [0.1, 0.15) is 90.2 Å². The molecule has 29 heteroatoms. The number of halogens is 1. The largest absolute Gasteiger partial charge is 0.495 e. The van der Waals surface area contributed by atoms with E-state index in [1.165, 1.54) is 92.8 Å². The van der Waals surface area contributed by atoms with Gasteiger partial charge in [-0.15, -0.1) is 0 Å². The molecule has 2 fully saturated rings. The number of esters is 1. The first-order chi connectivity index (χ1) is 43.6. The lowest BCUT2D eigenvalue weighted by molar-refractivity contribution is -0.162. The number of alkyl carbamates (subject to hydrolysis) is 1. The van der Waals surface area contributed by atoms with Gasteiger partial charge in [-0.05, 0) is 88.1 Å². The van der Waals surface area contributed by atoms with Crippen LogP contribution in [0.15, 0.2) is 66.3 Å². The number of nitrogens with two attached hydrogens (primary N) is 1. The summed E-state index contributed by atoms with van der Waals surface area (Å²) in [6.45, 7) is 6.74. The predicted molar refractivity (Wildman–Crippen MR) is 348 cm³/mol. The Labute approximate surface area is 550 Å². The van der Waals surface area contributed by atoms with Crippen LogP contribution in [0.4, 0.5) is 30.6 Å². The maximum absolute atomic E-state index is 14.4. The number of allylic oxidation sites excluding steroid dienone is 4. The normalized spacial score (nSPS) is 25.6. The van der Waals surface area contributed by atoms with Gasteiger partial charge in [0.25, 0.3) is 5.24 Å². The number of hydrogen-bond donors (Lipinski definition) is 6. The highest BCUT2D eigenvalue weighted by molar-refractivity contribution is 8.13. The number of fused-ring (bicyclic) bond motifs is 5. The summed E-state index contributed by atoms with van der Waals surface area (Å²) < 4.78 is 40.7. The summed E-state index contributed by atoms with van der Waals surface area (Å²) in [5, 5.41) is 22.4. The van der Waals surface area contributed by atoms with Crippen molar-refractivity contribution >= 4 is 99.6 Å². The Kier molecular flexibility index (Phi) is 27.5. The molecule has 0 saturated carbocycles.